The van der Waals surface area contributed by atoms with Crippen LogP contribution >= 0.6 is 11.6 Å². The first kappa shape index (κ1) is 13.9. The number of halogens is 1. The predicted octanol–water partition coefficient (Wildman–Crippen LogP) is 1.78. The molecule has 1 aromatic carbocycles. The van der Waals surface area contributed by atoms with Crippen molar-refractivity contribution in [3.05, 3.63) is 41.0 Å². The van der Waals surface area contributed by atoms with Gasteiger partial charge in [0.25, 0.3) is 5.91 Å². The van der Waals surface area contributed by atoms with Gasteiger partial charge in [-0.05, 0) is 12.1 Å². The Morgan fingerprint density at radius 3 is 2.80 bits per heavy atom. The molecule has 0 aliphatic heterocycles. The normalized spacial score (nSPS) is 10.1. The zero-order chi connectivity index (χ0) is 14.5. The largest absolute Gasteiger partial charge is 0.482 e. The van der Waals surface area contributed by atoms with Gasteiger partial charge in [0.15, 0.2) is 12.4 Å². The second kappa shape index (κ2) is 6.07. The van der Waals surface area contributed by atoms with Gasteiger partial charge in [-0.1, -0.05) is 23.7 Å². The lowest BCUT2D eigenvalue weighted by Gasteiger charge is -2.06. The molecule has 1 heterocycles. The summed E-state index contributed by atoms with van der Waals surface area (Å²) in [7, 11) is 0. The number of carbonyl (C=O) groups is 2. The number of carboxylic acid groups (broad SMARTS) is 1. The number of aromatic nitrogens is 2. The molecule has 2 rings (SSSR count). The number of ether oxygens (including phenoxy) is 1. The summed E-state index contributed by atoms with van der Waals surface area (Å²) in [6.45, 7) is -0.265. The second-order valence-electron chi connectivity index (χ2n) is 3.74. The number of hydrogen-bond acceptors (Lipinski definition) is 4. The summed E-state index contributed by atoms with van der Waals surface area (Å²) in [6, 6.07) is 7.95. The topological polar surface area (TPSA) is 104 Å². The number of para-hydroxylation sites is 1. The number of amides is 1. The van der Waals surface area contributed by atoms with E-state index in [1.807, 2.05) is 0 Å². The summed E-state index contributed by atoms with van der Waals surface area (Å²) in [5.41, 5.74) is -0.118. The van der Waals surface area contributed by atoms with E-state index in [2.05, 4.69) is 15.5 Å². The number of aromatic carboxylic acids is 1. The van der Waals surface area contributed by atoms with E-state index in [9.17, 15) is 9.59 Å². The van der Waals surface area contributed by atoms with Crippen molar-refractivity contribution in [1.29, 1.82) is 0 Å². The first-order chi connectivity index (χ1) is 9.56. The summed E-state index contributed by atoms with van der Waals surface area (Å²) in [6.07, 6.45) is 0. The Morgan fingerprint density at radius 2 is 2.15 bits per heavy atom. The maximum Gasteiger partial charge on any atom is 0.353 e. The molecule has 0 spiro atoms. The van der Waals surface area contributed by atoms with Crippen molar-refractivity contribution in [2.75, 3.05) is 11.9 Å². The maximum absolute atomic E-state index is 11.6. The number of aromatic amines is 1. The average Bonchev–Trinajstić information content (AvgIpc) is 2.86. The van der Waals surface area contributed by atoms with Crippen LogP contribution < -0.4 is 10.1 Å². The molecule has 0 atom stereocenters. The average molecular weight is 296 g/mol. The lowest BCUT2D eigenvalue weighted by Crippen LogP contribution is -2.20. The number of hydrogen-bond donors (Lipinski definition) is 3. The smallest absolute Gasteiger partial charge is 0.353 e. The molecule has 0 fully saturated rings. The molecule has 0 radical (unpaired) electrons. The molecule has 1 aromatic heterocycles. The number of benzene rings is 1. The third-order valence-electron chi connectivity index (χ3n) is 2.27. The van der Waals surface area contributed by atoms with E-state index in [0.717, 1.165) is 0 Å². The van der Waals surface area contributed by atoms with Crippen LogP contribution in [0.25, 0.3) is 0 Å². The summed E-state index contributed by atoms with van der Waals surface area (Å²) >= 11 is 5.87. The van der Waals surface area contributed by atoms with E-state index in [0.29, 0.717) is 10.8 Å². The molecule has 0 saturated carbocycles. The van der Waals surface area contributed by atoms with Crippen LogP contribution in [0.2, 0.25) is 5.02 Å². The first-order valence-corrected chi connectivity index (χ1v) is 5.90. The molecule has 0 aliphatic carbocycles. The van der Waals surface area contributed by atoms with E-state index >= 15 is 0 Å². The Morgan fingerprint density at radius 1 is 1.40 bits per heavy atom. The van der Waals surface area contributed by atoms with Gasteiger partial charge < -0.3 is 15.2 Å². The summed E-state index contributed by atoms with van der Waals surface area (Å²) in [5, 5.41) is 17.4. The molecule has 7 nitrogen and oxygen atoms in total. The Hall–Kier alpha value is -2.54. The van der Waals surface area contributed by atoms with E-state index in [1.54, 1.807) is 24.3 Å². The van der Waals surface area contributed by atoms with E-state index < -0.39 is 11.9 Å². The molecule has 104 valence electrons. The van der Waals surface area contributed by atoms with E-state index in [1.165, 1.54) is 6.07 Å². The fraction of sp³-hybridized carbons (Fsp3) is 0.0833. The Bertz CT molecular complexity index is 641. The number of anilines is 1. The Kier molecular flexibility index (Phi) is 4.21. The second-order valence-corrected chi connectivity index (χ2v) is 4.15. The van der Waals surface area contributed by atoms with E-state index in [4.69, 9.17) is 21.4 Å². The molecule has 0 saturated heterocycles. The molecule has 0 bridgehead atoms. The Labute approximate surface area is 118 Å². The minimum absolute atomic E-state index is 0.107. The van der Waals surface area contributed by atoms with Crippen LogP contribution in [0.3, 0.4) is 0 Å². The summed E-state index contributed by atoms with van der Waals surface area (Å²) < 4.78 is 5.23. The highest BCUT2D eigenvalue weighted by Crippen LogP contribution is 2.22. The van der Waals surface area contributed by atoms with Crippen LogP contribution in [0, 0.1) is 0 Å². The molecule has 0 unspecified atom stereocenters. The first-order valence-electron chi connectivity index (χ1n) is 5.52. The number of carboxylic acids is 1. The zero-order valence-corrected chi connectivity index (χ0v) is 10.8. The van der Waals surface area contributed by atoms with Crippen molar-refractivity contribution in [3.8, 4) is 5.75 Å². The standard InChI is InChI=1S/C12H10ClN3O4/c13-7-3-1-2-4-9(7)20-6-11(17)14-10-5-8(12(18)19)15-16-10/h1-5H,6H2,(H,18,19)(H2,14,15,16,17). The van der Waals surface area contributed by atoms with Crippen LogP contribution in [0.5, 0.6) is 5.75 Å². The minimum atomic E-state index is -1.16. The van der Waals surface area contributed by atoms with E-state index in [-0.39, 0.29) is 18.1 Å². The third kappa shape index (κ3) is 3.48. The molecule has 8 heteroatoms. The molecule has 3 N–H and O–H groups in total. The van der Waals surface area contributed by atoms with Crippen molar-refractivity contribution in [2.24, 2.45) is 0 Å². The molecular weight excluding hydrogens is 286 g/mol. The highest BCUT2D eigenvalue weighted by Gasteiger charge is 2.11. The fourth-order valence-corrected chi connectivity index (χ4v) is 1.57. The highest BCUT2D eigenvalue weighted by molar-refractivity contribution is 6.32. The lowest BCUT2D eigenvalue weighted by molar-refractivity contribution is -0.118. The van der Waals surface area contributed by atoms with Gasteiger partial charge in [0.1, 0.15) is 11.4 Å². The molecule has 1 amide bonds. The molecule has 20 heavy (non-hydrogen) atoms. The maximum atomic E-state index is 11.6. The van der Waals surface area contributed by atoms with Gasteiger partial charge >= 0.3 is 5.97 Å². The van der Waals surface area contributed by atoms with Crippen LogP contribution in [-0.4, -0.2) is 33.8 Å². The van der Waals surface area contributed by atoms with Crippen molar-refractivity contribution >= 4 is 29.3 Å². The Balaban J connectivity index is 1.89. The molecular formula is C12H10ClN3O4. The summed E-state index contributed by atoms with van der Waals surface area (Å²) in [5.74, 6) is -1.15. The van der Waals surface area contributed by atoms with Gasteiger partial charge in [-0.3, -0.25) is 9.89 Å². The van der Waals surface area contributed by atoms with Gasteiger partial charge in [-0.15, -0.1) is 0 Å². The van der Waals surface area contributed by atoms with Crippen molar-refractivity contribution in [2.45, 2.75) is 0 Å². The minimum Gasteiger partial charge on any atom is -0.482 e. The third-order valence-corrected chi connectivity index (χ3v) is 2.58. The van der Waals surface area contributed by atoms with Gasteiger partial charge in [0, 0.05) is 6.07 Å². The van der Waals surface area contributed by atoms with Gasteiger partial charge in [-0.2, -0.15) is 5.10 Å². The predicted molar refractivity (Wildman–Crippen MR) is 71.1 cm³/mol. The summed E-state index contributed by atoms with van der Waals surface area (Å²) in [4.78, 5) is 22.2. The molecule has 2 aromatic rings. The van der Waals surface area contributed by atoms with Crippen LogP contribution in [0.1, 0.15) is 10.5 Å². The SMILES string of the molecule is O=C(COc1ccccc1Cl)Nc1cc(C(=O)O)[nH]n1. The monoisotopic (exact) mass is 295 g/mol. The van der Waals surface area contributed by atoms with Gasteiger partial charge in [-0.25, -0.2) is 4.79 Å². The lowest BCUT2D eigenvalue weighted by atomic mass is 10.3. The molecule has 0 aliphatic rings. The van der Waals surface area contributed by atoms with Crippen LogP contribution in [0.15, 0.2) is 30.3 Å². The van der Waals surface area contributed by atoms with Crippen molar-refractivity contribution in [3.63, 3.8) is 0 Å². The van der Waals surface area contributed by atoms with Gasteiger partial charge in [0.2, 0.25) is 0 Å². The number of carbonyl (C=O) groups excluding carboxylic acids is 1. The number of nitrogens with zero attached hydrogens (tertiary/aromatic N) is 1. The number of H-pyrrole nitrogens is 1. The van der Waals surface area contributed by atoms with Crippen LogP contribution in [0.4, 0.5) is 5.82 Å². The highest BCUT2D eigenvalue weighted by atomic mass is 35.5. The van der Waals surface area contributed by atoms with Crippen molar-refractivity contribution < 1.29 is 19.4 Å². The van der Waals surface area contributed by atoms with Crippen LogP contribution in [-0.2, 0) is 4.79 Å². The number of rotatable bonds is 5. The van der Waals surface area contributed by atoms with Gasteiger partial charge in [0.05, 0.1) is 5.02 Å². The zero-order valence-electron chi connectivity index (χ0n) is 10.1. The quantitative estimate of drug-likeness (QED) is 0.780. The fourth-order valence-electron chi connectivity index (χ4n) is 1.38. The van der Waals surface area contributed by atoms with Crippen molar-refractivity contribution in [1.82, 2.24) is 10.2 Å². The number of nitrogens with one attached hydrogen (secondary N) is 2.